The van der Waals surface area contributed by atoms with Crippen molar-refractivity contribution in [1.82, 2.24) is 0 Å². The highest BCUT2D eigenvalue weighted by molar-refractivity contribution is 5.98. The van der Waals surface area contributed by atoms with Gasteiger partial charge in [0.15, 0.2) is 0 Å². The van der Waals surface area contributed by atoms with Gasteiger partial charge in [0, 0.05) is 6.04 Å². The first kappa shape index (κ1) is 13.3. The number of anilines is 2. The number of para-hydroxylation sites is 1. The molecule has 2 aliphatic rings. The first-order valence-electron chi connectivity index (χ1n) is 7.51. The molecule has 0 radical (unpaired) electrons. The van der Waals surface area contributed by atoms with Crippen LogP contribution in [0.1, 0.15) is 43.0 Å². The summed E-state index contributed by atoms with van der Waals surface area (Å²) in [5, 5.41) is 3.52. The van der Waals surface area contributed by atoms with E-state index >= 15 is 0 Å². The first-order valence-corrected chi connectivity index (χ1v) is 7.51. The van der Waals surface area contributed by atoms with E-state index in [0.717, 1.165) is 17.5 Å². The molecule has 0 spiro atoms. The number of nitrogens with one attached hydrogen (secondary N) is 1. The van der Waals surface area contributed by atoms with Gasteiger partial charge in [-0.3, -0.25) is 0 Å². The van der Waals surface area contributed by atoms with Gasteiger partial charge in [0.2, 0.25) is 0 Å². The summed E-state index contributed by atoms with van der Waals surface area (Å²) in [6.45, 7) is 2.19. The minimum atomic E-state index is -0.301. The summed E-state index contributed by atoms with van der Waals surface area (Å²) in [5.41, 5.74) is 7.99. The summed E-state index contributed by atoms with van der Waals surface area (Å²) in [7, 11) is 0. The molecule has 0 amide bonds. The van der Waals surface area contributed by atoms with Crippen molar-refractivity contribution in [2.75, 3.05) is 17.7 Å². The molecule has 3 rings (SSSR count). The molecule has 4 nitrogen and oxygen atoms in total. The lowest BCUT2D eigenvalue weighted by atomic mass is 9.94. The van der Waals surface area contributed by atoms with Gasteiger partial charge in [0.1, 0.15) is 0 Å². The maximum atomic E-state index is 12.0. The summed E-state index contributed by atoms with van der Waals surface area (Å²) in [6.07, 6.45) is 5.17. The molecule has 108 valence electrons. The number of carbonyl (C=O) groups is 1. The number of benzene rings is 1. The molecule has 3 N–H and O–H groups in total. The van der Waals surface area contributed by atoms with Gasteiger partial charge in [-0.1, -0.05) is 12.5 Å². The minimum Gasteiger partial charge on any atom is -0.462 e. The minimum absolute atomic E-state index is 0.301. The van der Waals surface area contributed by atoms with Crippen molar-refractivity contribution in [2.24, 2.45) is 11.8 Å². The topological polar surface area (TPSA) is 64.3 Å². The Morgan fingerprint density at radius 3 is 2.90 bits per heavy atom. The highest BCUT2D eigenvalue weighted by atomic mass is 16.5. The van der Waals surface area contributed by atoms with Crippen LogP contribution in [0.3, 0.4) is 0 Å². The van der Waals surface area contributed by atoms with Crippen LogP contribution in [0, 0.1) is 11.8 Å². The average molecular weight is 274 g/mol. The average Bonchev–Trinajstić information content (AvgIpc) is 3.03. The third-order valence-electron chi connectivity index (χ3n) is 4.66. The fourth-order valence-corrected chi connectivity index (χ4v) is 3.72. The summed E-state index contributed by atoms with van der Waals surface area (Å²) < 4.78 is 5.12. The Morgan fingerprint density at radius 1 is 1.40 bits per heavy atom. The lowest BCUT2D eigenvalue weighted by Gasteiger charge is -2.25. The van der Waals surface area contributed by atoms with E-state index in [9.17, 15) is 4.79 Å². The van der Waals surface area contributed by atoms with E-state index in [2.05, 4.69) is 5.32 Å². The number of hydrogen-bond acceptors (Lipinski definition) is 4. The van der Waals surface area contributed by atoms with Crippen LogP contribution < -0.4 is 11.1 Å². The molecule has 3 atom stereocenters. The van der Waals surface area contributed by atoms with Gasteiger partial charge >= 0.3 is 5.97 Å². The third-order valence-corrected chi connectivity index (χ3v) is 4.66. The number of fused-ring (bicyclic) bond motifs is 2. The molecule has 0 aromatic heterocycles. The van der Waals surface area contributed by atoms with Gasteiger partial charge in [-0.2, -0.15) is 0 Å². The molecule has 0 heterocycles. The fraction of sp³-hybridized carbons (Fsp3) is 0.562. The predicted octanol–water partition coefficient (Wildman–Crippen LogP) is 3.05. The van der Waals surface area contributed by atoms with Gasteiger partial charge in [-0.05, 0) is 50.2 Å². The van der Waals surface area contributed by atoms with Gasteiger partial charge in [-0.25, -0.2) is 4.79 Å². The SMILES string of the molecule is CCOC(=O)c1cccc(N)c1NC1CC2CCC1C2. The van der Waals surface area contributed by atoms with Crippen LogP contribution in [-0.2, 0) is 4.74 Å². The van der Waals surface area contributed by atoms with E-state index in [1.54, 1.807) is 12.1 Å². The van der Waals surface area contributed by atoms with E-state index in [1.165, 1.54) is 25.7 Å². The second kappa shape index (κ2) is 5.35. The Balaban J connectivity index is 1.82. The Hall–Kier alpha value is -1.71. The van der Waals surface area contributed by atoms with Crippen LogP contribution in [0.2, 0.25) is 0 Å². The number of ether oxygens (including phenoxy) is 1. The van der Waals surface area contributed by atoms with Gasteiger partial charge in [-0.15, -0.1) is 0 Å². The van der Waals surface area contributed by atoms with E-state index < -0.39 is 0 Å². The molecule has 1 aromatic rings. The number of nitrogens with two attached hydrogens (primary N) is 1. The lowest BCUT2D eigenvalue weighted by Crippen LogP contribution is -2.27. The number of esters is 1. The zero-order valence-electron chi connectivity index (χ0n) is 11.9. The Labute approximate surface area is 119 Å². The van der Waals surface area contributed by atoms with E-state index in [-0.39, 0.29) is 5.97 Å². The van der Waals surface area contributed by atoms with Crippen LogP contribution in [0.5, 0.6) is 0 Å². The van der Waals surface area contributed by atoms with E-state index in [4.69, 9.17) is 10.5 Å². The van der Waals surface area contributed by atoms with Crippen molar-refractivity contribution in [1.29, 1.82) is 0 Å². The van der Waals surface area contributed by atoms with Gasteiger partial charge < -0.3 is 15.8 Å². The van der Waals surface area contributed by atoms with Crippen LogP contribution >= 0.6 is 0 Å². The van der Waals surface area contributed by atoms with Crippen LogP contribution in [0.15, 0.2) is 18.2 Å². The van der Waals surface area contributed by atoms with E-state index in [1.807, 2.05) is 13.0 Å². The number of hydrogen-bond donors (Lipinski definition) is 2. The molecule has 4 heteroatoms. The quantitative estimate of drug-likeness (QED) is 0.654. The van der Waals surface area contributed by atoms with Crippen molar-refractivity contribution < 1.29 is 9.53 Å². The number of nitrogen functional groups attached to an aromatic ring is 1. The Kier molecular flexibility index (Phi) is 3.55. The monoisotopic (exact) mass is 274 g/mol. The van der Waals surface area contributed by atoms with Crippen molar-refractivity contribution in [3.05, 3.63) is 23.8 Å². The predicted molar refractivity (Wildman–Crippen MR) is 79.7 cm³/mol. The number of carbonyl (C=O) groups excluding carboxylic acids is 1. The van der Waals surface area contributed by atoms with Crippen molar-refractivity contribution >= 4 is 17.3 Å². The molecule has 1 aromatic carbocycles. The van der Waals surface area contributed by atoms with E-state index in [0.29, 0.717) is 23.9 Å². The van der Waals surface area contributed by atoms with Crippen molar-refractivity contribution in [3.8, 4) is 0 Å². The van der Waals surface area contributed by atoms with Crippen LogP contribution in [-0.4, -0.2) is 18.6 Å². The summed E-state index contributed by atoms with van der Waals surface area (Å²) in [5.74, 6) is 1.29. The highest BCUT2D eigenvalue weighted by Crippen LogP contribution is 2.46. The fourth-order valence-electron chi connectivity index (χ4n) is 3.72. The summed E-state index contributed by atoms with van der Waals surface area (Å²) in [4.78, 5) is 12.0. The van der Waals surface area contributed by atoms with Crippen LogP contribution in [0.25, 0.3) is 0 Å². The number of rotatable bonds is 4. The molecular formula is C16H22N2O2. The van der Waals surface area contributed by atoms with Crippen molar-refractivity contribution in [3.63, 3.8) is 0 Å². The molecule has 2 saturated carbocycles. The first-order chi connectivity index (χ1) is 9.69. The molecule has 2 bridgehead atoms. The zero-order valence-corrected chi connectivity index (χ0v) is 11.9. The molecule has 0 saturated heterocycles. The maximum absolute atomic E-state index is 12.0. The third kappa shape index (κ3) is 2.35. The molecule has 2 fully saturated rings. The van der Waals surface area contributed by atoms with Gasteiger partial charge in [0.25, 0.3) is 0 Å². The Morgan fingerprint density at radius 2 is 2.25 bits per heavy atom. The second-order valence-electron chi connectivity index (χ2n) is 5.92. The molecule has 0 aliphatic heterocycles. The highest BCUT2D eigenvalue weighted by Gasteiger charge is 2.39. The summed E-state index contributed by atoms with van der Waals surface area (Å²) in [6, 6.07) is 5.86. The molecule has 20 heavy (non-hydrogen) atoms. The lowest BCUT2D eigenvalue weighted by molar-refractivity contribution is 0.0527. The molecule has 2 aliphatic carbocycles. The van der Waals surface area contributed by atoms with Gasteiger partial charge in [0.05, 0.1) is 23.5 Å². The normalized spacial score (nSPS) is 27.6. The second-order valence-corrected chi connectivity index (χ2v) is 5.92. The largest absolute Gasteiger partial charge is 0.462 e. The van der Waals surface area contributed by atoms with Crippen LogP contribution in [0.4, 0.5) is 11.4 Å². The maximum Gasteiger partial charge on any atom is 0.340 e. The Bertz CT molecular complexity index is 515. The standard InChI is InChI=1S/C16H22N2O2/c1-2-20-16(19)12-4-3-5-13(17)15(12)18-14-9-10-6-7-11(14)8-10/h3-5,10-11,14,18H,2,6-9,17H2,1H3. The van der Waals surface area contributed by atoms with Crippen molar-refractivity contribution in [2.45, 2.75) is 38.6 Å². The summed E-state index contributed by atoms with van der Waals surface area (Å²) >= 11 is 0. The molecular weight excluding hydrogens is 252 g/mol. The molecule has 3 unspecified atom stereocenters. The smallest absolute Gasteiger partial charge is 0.340 e. The zero-order chi connectivity index (χ0) is 14.1.